The van der Waals surface area contributed by atoms with Gasteiger partial charge >= 0.3 is 0 Å². The predicted octanol–water partition coefficient (Wildman–Crippen LogP) is 4.24. The Labute approximate surface area is 176 Å². The molecule has 0 fully saturated rings. The van der Waals surface area contributed by atoms with E-state index in [1.807, 2.05) is 25.3 Å². The molecule has 30 heavy (non-hydrogen) atoms. The standard InChI is InChI=1S/C21H28N4O4Si/c1-15-9-16(11-20(26)19-12-18(25(27)28)5-6-22-19)10-17-13-24(23-21(15)17)14-29-7-8-30(2,3)4/h5-6,9-10,12-13,20,26H,7-8,11,14H2,1-4H3/q-1. The monoisotopic (exact) mass is 428 g/mol. The number of nitrogens with zero attached hydrogens (tertiary/aromatic N) is 4. The zero-order chi connectivity index (χ0) is 21.9. The molecule has 0 aliphatic rings. The largest absolute Gasteiger partial charge is 0.386 e. The Morgan fingerprint density at radius 1 is 1.30 bits per heavy atom. The molecule has 0 amide bonds. The van der Waals surface area contributed by atoms with Crippen molar-refractivity contribution in [3.05, 3.63) is 63.6 Å². The van der Waals surface area contributed by atoms with E-state index in [4.69, 9.17) is 4.74 Å². The molecule has 3 aromatic rings. The molecule has 2 aromatic heterocycles. The normalized spacial score (nSPS) is 13.0. The number of aliphatic hydroxyl groups excluding tert-OH is 1. The molecular formula is C21H28N4O4Si-. The number of hydrogen-bond donors (Lipinski definition) is 1. The number of rotatable bonds is 9. The topological polar surface area (TPSA) is 103 Å². The second-order valence-corrected chi connectivity index (χ2v) is 14.4. The van der Waals surface area contributed by atoms with Gasteiger partial charge in [-0.2, -0.15) is 24.7 Å². The second-order valence-electron chi connectivity index (χ2n) is 8.78. The zero-order valence-corrected chi connectivity index (χ0v) is 18.8. The predicted molar refractivity (Wildman–Crippen MR) is 118 cm³/mol. The summed E-state index contributed by atoms with van der Waals surface area (Å²) in [6.45, 7) is 10.1. The Bertz CT molecular complexity index is 1050. The van der Waals surface area contributed by atoms with Gasteiger partial charge in [-0.15, -0.1) is 14.1 Å². The molecular weight excluding hydrogens is 400 g/mol. The molecule has 0 spiro atoms. The molecule has 8 nitrogen and oxygen atoms in total. The summed E-state index contributed by atoms with van der Waals surface area (Å²) in [6, 6.07) is 7.69. The highest BCUT2D eigenvalue weighted by Gasteiger charge is 2.16. The fourth-order valence-corrected chi connectivity index (χ4v) is 3.97. The fourth-order valence-electron chi connectivity index (χ4n) is 3.22. The Morgan fingerprint density at radius 3 is 2.77 bits per heavy atom. The molecule has 161 valence electrons. The molecule has 9 heteroatoms. The van der Waals surface area contributed by atoms with E-state index < -0.39 is 19.1 Å². The number of ether oxygens (including phenoxy) is 1. The van der Waals surface area contributed by atoms with Crippen LogP contribution in [-0.2, 0) is 17.9 Å². The number of pyridine rings is 1. The van der Waals surface area contributed by atoms with Crippen molar-refractivity contribution in [1.82, 2.24) is 14.8 Å². The fraction of sp³-hybridized carbons (Fsp3) is 0.429. The molecule has 1 atom stereocenters. The molecule has 0 aliphatic carbocycles. The van der Waals surface area contributed by atoms with Crippen molar-refractivity contribution in [2.24, 2.45) is 0 Å². The van der Waals surface area contributed by atoms with Crippen molar-refractivity contribution in [2.45, 2.75) is 51.9 Å². The van der Waals surface area contributed by atoms with Gasteiger partial charge in [0, 0.05) is 42.9 Å². The lowest BCUT2D eigenvalue weighted by molar-refractivity contribution is -0.385. The third-order valence-electron chi connectivity index (χ3n) is 4.87. The van der Waals surface area contributed by atoms with Gasteiger partial charge in [0.1, 0.15) is 12.8 Å². The molecule has 0 saturated carbocycles. The van der Waals surface area contributed by atoms with Gasteiger partial charge in [-0.25, -0.2) is 4.68 Å². The SMILES string of the molecule is Cc1cc(CC(O)c2cc([N+](=O)[O-])ccn2)cc2cn(COCC[Si-](C)(C)C)nc12. The molecule has 0 saturated heterocycles. The van der Waals surface area contributed by atoms with Crippen molar-refractivity contribution < 1.29 is 14.8 Å². The highest BCUT2D eigenvalue weighted by Crippen LogP contribution is 2.25. The van der Waals surface area contributed by atoms with Gasteiger partial charge in [0.05, 0.1) is 16.1 Å². The van der Waals surface area contributed by atoms with Crippen molar-refractivity contribution >= 4 is 24.7 Å². The Hall–Kier alpha value is -2.62. The van der Waals surface area contributed by atoms with E-state index in [0.717, 1.165) is 34.7 Å². The van der Waals surface area contributed by atoms with Crippen molar-refractivity contribution in [3.63, 3.8) is 0 Å². The summed E-state index contributed by atoms with van der Waals surface area (Å²) in [4.78, 5) is 14.5. The zero-order valence-electron chi connectivity index (χ0n) is 17.8. The van der Waals surface area contributed by atoms with E-state index in [-0.39, 0.29) is 11.4 Å². The van der Waals surface area contributed by atoms with E-state index >= 15 is 0 Å². The molecule has 1 unspecified atom stereocenters. The van der Waals surface area contributed by atoms with Gasteiger partial charge < -0.3 is 9.84 Å². The summed E-state index contributed by atoms with van der Waals surface area (Å²) >= 11 is 0. The van der Waals surface area contributed by atoms with Crippen LogP contribution in [0.1, 0.15) is 22.9 Å². The quantitative estimate of drug-likeness (QED) is 0.237. The number of hydrogen-bond acceptors (Lipinski definition) is 6. The second kappa shape index (κ2) is 9.03. The minimum atomic E-state index is -1.12. The summed E-state index contributed by atoms with van der Waals surface area (Å²) in [7, 11) is -1.12. The maximum absolute atomic E-state index is 10.9. The summed E-state index contributed by atoms with van der Waals surface area (Å²) in [5.41, 5.74) is 3.02. The minimum absolute atomic E-state index is 0.0823. The van der Waals surface area contributed by atoms with E-state index in [2.05, 4.69) is 29.7 Å². The maximum Gasteiger partial charge on any atom is 0.272 e. The van der Waals surface area contributed by atoms with Gasteiger partial charge in [-0.1, -0.05) is 6.07 Å². The van der Waals surface area contributed by atoms with E-state index in [0.29, 0.717) is 13.2 Å². The van der Waals surface area contributed by atoms with Crippen LogP contribution in [0.3, 0.4) is 0 Å². The number of aromatic nitrogens is 3. The number of aliphatic hydroxyl groups is 1. The highest BCUT2D eigenvalue weighted by molar-refractivity contribution is 6.76. The first-order valence-corrected chi connectivity index (χ1v) is 13.7. The van der Waals surface area contributed by atoms with Crippen LogP contribution in [0.15, 0.2) is 36.7 Å². The summed E-state index contributed by atoms with van der Waals surface area (Å²) in [6.07, 6.45) is 2.67. The average Bonchev–Trinajstić information content (AvgIpc) is 3.08. The average molecular weight is 429 g/mol. The molecule has 2 heterocycles. The number of nitro groups is 1. The summed E-state index contributed by atoms with van der Waals surface area (Å²) in [5.74, 6) is 0. The first-order valence-electron chi connectivity index (χ1n) is 9.95. The van der Waals surface area contributed by atoms with Crippen LogP contribution in [-0.4, -0.2) is 39.5 Å². The van der Waals surface area contributed by atoms with Gasteiger partial charge in [0.25, 0.3) is 5.69 Å². The third kappa shape index (κ3) is 5.71. The lowest BCUT2D eigenvalue weighted by atomic mass is 10.0. The highest BCUT2D eigenvalue weighted by atomic mass is 28.3. The molecule has 3 rings (SSSR count). The van der Waals surface area contributed by atoms with Gasteiger partial charge in [0.15, 0.2) is 0 Å². The minimum Gasteiger partial charge on any atom is -0.386 e. The lowest BCUT2D eigenvalue weighted by Gasteiger charge is -2.26. The lowest BCUT2D eigenvalue weighted by Crippen LogP contribution is -2.22. The van der Waals surface area contributed by atoms with E-state index in [9.17, 15) is 15.2 Å². The summed E-state index contributed by atoms with van der Waals surface area (Å²) < 4.78 is 7.58. The van der Waals surface area contributed by atoms with E-state index in [1.165, 1.54) is 18.3 Å². The first kappa shape index (κ1) is 22.1. The van der Waals surface area contributed by atoms with Crippen LogP contribution < -0.4 is 0 Å². The Balaban J connectivity index is 1.71. The first-order chi connectivity index (χ1) is 14.1. The molecule has 0 bridgehead atoms. The maximum atomic E-state index is 10.9. The van der Waals surface area contributed by atoms with Crippen LogP contribution in [0, 0.1) is 17.0 Å². The molecule has 0 aliphatic heterocycles. The van der Waals surface area contributed by atoms with Crippen LogP contribution in [0.2, 0.25) is 25.7 Å². The Morgan fingerprint density at radius 2 is 2.07 bits per heavy atom. The molecule has 0 radical (unpaired) electrons. The van der Waals surface area contributed by atoms with Crippen LogP contribution >= 0.6 is 0 Å². The van der Waals surface area contributed by atoms with E-state index in [1.54, 1.807) is 4.68 Å². The van der Waals surface area contributed by atoms with Crippen LogP contribution in [0.4, 0.5) is 5.69 Å². The smallest absolute Gasteiger partial charge is 0.272 e. The number of benzene rings is 1. The van der Waals surface area contributed by atoms with Crippen LogP contribution in [0.5, 0.6) is 0 Å². The summed E-state index contributed by atoms with van der Waals surface area (Å²) in [5, 5.41) is 27.1. The van der Waals surface area contributed by atoms with Gasteiger partial charge in [-0.3, -0.25) is 15.1 Å². The van der Waals surface area contributed by atoms with Crippen LogP contribution in [0.25, 0.3) is 10.9 Å². The molecule has 1 N–H and O–H groups in total. The third-order valence-corrected chi connectivity index (χ3v) is 6.58. The van der Waals surface area contributed by atoms with Crippen molar-refractivity contribution in [1.29, 1.82) is 0 Å². The molecule has 1 aromatic carbocycles. The number of aryl methyl sites for hydroxylation is 1. The number of fused-ring (bicyclic) bond motifs is 1. The van der Waals surface area contributed by atoms with Gasteiger partial charge in [0.2, 0.25) is 0 Å². The van der Waals surface area contributed by atoms with Crippen molar-refractivity contribution in [3.8, 4) is 0 Å². The van der Waals surface area contributed by atoms with Gasteiger partial charge in [-0.05, 0) is 24.1 Å². The Kier molecular flexibility index (Phi) is 6.64. The van der Waals surface area contributed by atoms with Crippen molar-refractivity contribution in [2.75, 3.05) is 6.61 Å².